The van der Waals surface area contributed by atoms with Crippen LogP contribution in [0.4, 0.5) is 5.69 Å². The molecule has 0 aromatic heterocycles. The SMILES string of the molecule is COc1ccc(CNC(=O)[C@@H](C)OC(=O)c2ccc(NC(C)=O)cc2)cc1. The van der Waals surface area contributed by atoms with Crippen molar-refractivity contribution >= 4 is 23.5 Å². The van der Waals surface area contributed by atoms with Gasteiger partial charge in [-0.2, -0.15) is 0 Å². The van der Waals surface area contributed by atoms with E-state index in [1.807, 2.05) is 12.1 Å². The smallest absolute Gasteiger partial charge is 0.338 e. The van der Waals surface area contributed by atoms with Gasteiger partial charge in [0.2, 0.25) is 5.91 Å². The fourth-order valence-electron chi connectivity index (χ4n) is 2.25. The van der Waals surface area contributed by atoms with Gasteiger partial charge in [0, 0.05) is 19.2 Å². The summed E-state index contributed by atoms with van der Waals surface area (Å²) in [6.45, 7) is 3.22. The van der Waals surface area contributed by atoms with Gasteiger partial charge in [-0.25, -0.2) is 4.79 Å². The van der Waals surface area contributed by atoms with Gasteiger partial charge >= 0.3 is 5.97 Å². The molecule has 0 radical (unpaired) electrons. The van der Waals surface area contributed by atoms with Gasteiger partial charge in [-0.05, 0) is 48.9 Å². The van der Waals surface area contributed by atoms with E-state index in [2.05, 4.69) is 10.6 Å². The van der Waals surface area contributed by atoms with Gasteiger partial charge < -0.3 is 20.1 Å². The molecule has 142 valence electrons. The zero-order valence-electron chi connectivity index (χ0n) is 15.4. The number of rotatable bonds is 7. The Hall–Kier alpha value is -3.35. The molecular weight excluding hydrogens is 348 g/mol. The lowest BCUT2D eigenvalue weighted by atomic mass is 10.2. The third-order valence-electron chi connectivity index (χ3n) is 3.72. The molecule has 7 heteroatoms. The van der Waals surface area contributed by atoms with E-state index in [9.17, 15) is 14.4 Å². The molecule has 0 heterocycles. The molecule has 2 rings (SSSR count). The average Bonchev–Trinajstić information content (AvgIpc) is 2.66. The number of hydrogen-bond acceptors (Lipinski definition) is 5. The van der Waals surface area contributed by atoms with Crippen LogP contribution in [0.3, 0.4) is 0 Å². The minimum absolute atomic E-state index is 0.201. The summed E-state index contributed by atoms with van der Waals surface area (Å²) in [7, 11) is 1.58. The topological polar surface area (TPSA) is 93.7 Å². The number of ether oxygens (including phenoxy) is 2. The summed E-state index contributed by atoms with van der Waals surface area (Å²) in [5.41, 5.74) is 1.76. The van der Waals surface area contributed by atoms with Gasteiger partial charge in [0.15, 0.2) is 6.10 Å². The van der Waals surface area contributed by atoms with Crippen LogP contribution >= 0.6 is 0 Å². The van der Waals surface area contributed by atoms with Crippen molar-refractivity contribution in [2.75, 3.05) is 12.4 Å². The summed E-state index contributed by atoms with van der Waals surface area (Å²) in [6.07, 6.45) is -0.939. The van der Waals surface area contributed by atoms with E-state index in [1.54, 1.807) is 31.4 Å². The maximum absolute atomic E-state index is 12.1. The molecule has 2 amide bonds. The molecule has 2 aromatic carbocycles. The maximum atomic E-state index is 12.1. The predicted octanol–water partition coefficient (Wildman–Crippen LogP) is 2.52. The van der Waals surface area contributed by atoms with Crippen LogP contribution in [0, 0.1) is 0 Å². The first-order valence-electron chi connectivity index (χ1n) is 8.38. The number of anilines is 1. The monoisotopic (exact) mass is 370 g/mol. The molecule has 2 aromatic rings. The van der Waals surface area contributed by atoms with Crippen LogP contribution in [0.1, 0.15) is 29.8 Å². The first-order valence-corrected chi connectivity index (χ1v) is 8.38. The van der Waals surface area contributed by atoms with Crippen molar-refractivity contribution in [1.29, 1.82) is 0 Å². The van der Waals surface area contributed by atoms with E-state index in [0.717, 1.165) is 11.3 Å². The summed E-state index contributed by atoms with van der Waals surface area (Å²) >= 11 is 0. The van der Waals surface area contributed by atoms with E-state index < -0.39 is 18.0 Å². The highest BCUT2D eigenvalue weighted by molar-refractivity contribution is 5.93. The molecule has 2 N–H and O–H groups in total. The summed E-state index contributed by atoms with van der Waals surface area (Å²) in [5.74, 6) is -0.477. The molecule has 0 unspecified atom stereocenters. The third kappa shape index (κ3) is 6.14. The lowest BCUT2D eigenvalue weighted by Crippen LogP contribution is -2.35. The summed E-state index contributed by atoms with van der Waals surface area (Å²) < 4.78 is 10.3. The summed E-state index contributed by atoms with van der Waals surface area (Å²) in [5, 5.41) is 5.33. The van der Waals surface area contributed by atoms with E-state index in [-0.39, 0.29) is 5.91 Å². The van der Waals surface area contributed by atoms with Crippen molar-refractivity contribution in [2.45, 2.75) is 26.5 Å². The Morgan fingerprint density at radius 1 is 1.00 bits per heavy atom. The van der Waals surface area contributed by atoms with Crippen molar-refractivity contribution in [3.8, 4) is 5.75 Å². The maximum Gasteiger partial charge on any atom is 0.338 e. The van der Waals surface area contributed by atoms with Crippen LogP contribution in [-0.2, 0) is 20.9 Å². The normalized spacial score (nSPS) is 11.2. The Balaban J connectivity index is 1.85. The zero-order valence-corrected chi connectivity index (χ0v) is 15.4. The third-order valence-corrected chi connectivity index (χ3v) is 3.72. The highest BCUT2D eigenvalue weighted by atomic mass is 16.5. The van der Waals surface area contributed by atoms with Crippen molar-refractivity contribution < 1.29 is 23.9 Å². The summed E-state index contributed by atoms with van der Waals surface area (Å²) in [4.78, 5) is 35.3. The minimum atomic E-state index is -0.939. The van der Waals surface area contributed by atoms with Crippen LogP contribution in [0.15, 0.2) is 48.5 Å². The van der Waals surface area contributed by atoms with Gasteiger partial charge in [0.1, 0.15) is 5.75 Å². The second kappa shape index (κ2) is 9.38. The van der Waals surface area contributed by atoms with E-state index in [1.165, 1.54) is 26.0 Å². The Kier molecular flexibility index (Phi) is 6.93. The largest absolute Gasteiger partial charge is 0.497 e. The number of esters is 1. The predicted molar refractivity (Wildman–Crippen MR) is 100 cm³/mol. The van der Waals surface area contributed by atoms with E-state index >= 15 is 0 Å². The first kappa shape index (κ1) is 20.0. The quantitative estimate of drug-likeness (QED) is 0.731. The Morgan fingerprint density at radius 3 is 2.19 bits per heavy atom. The van der Waals surface area contributed by atoms with Crippen LogP contribution in [-0.4, -0.2) is 31.0 Å². The zero-order chi connectivity index (χ0) is 19.8. The van der Waals surface area contributed by atoms with E-state index in [4.69, 9.17) is 9.47 Å². The number of carbonyl (C=O) groups excluding carboxylic acids is 3. The van der Waals surface area contributed by atoms with Crippen LogP contribution in [0.5, 0.6) is 5.75 Å². The van der Waals surface area contributed by atoms with Gasteiger partial charge in [-0.15, -0.1) is 0 Å². The number of nitrogens with one attached hydrogen (secondary N) is 2. The molecule has 0 aliphatic rings. The lowest BCUT2D eigenvalue weighted by molar-refractivity contribution is -0.129. The fraction of sp³-hybridized carbons (Fsp3) is 0.250. The molecule has 0 bridgehead atoms. The lowest BCUT2D eigenvalue weighted by Gasteiger charge is -2.14. The fourth-order valence-corrected chi connectivity index (χ4v) is 2.25. The van der Waals surface area contributed by atoms with Crippen LogP contribution in [0.2, 0.25) is 0 Å². The molecule has 0 spiro atoms. The Labute approximate surface area is 157 Å². The number of benzene rings is 2. The van der Waals surface area contributed by atoms with E-state index in [0.29, 0.717) is 17.8 Å². The molecular formula is C20H22N2O5. The van der Waals surface area contributed by atoms with Crippen molar-refractivity contribution in [1.82, 2.24) is 5.32 Å². The number of hydrogen-bond donors (Lipinski definition) is 2. The number of methoxy groups -OCH3 is 1. The van der Waals surface area contributed by atoms with Gasteiger partial charge in [-0.1, -0.05) is 12.1 Å². The van der Waals surface area contributed by atoms with Gasteiger partial charge in [0.05, 0.1) is 12.7 Å². The molecule has 0 aliphatic heterocycles. The molecule has 1 atom stereocenters. The second-order valence-corrected chi connectivity index (χ2v) is 5.87. The first-order chi connectivity index (χ1) is 12.9. The van der Waals surface area contributed by atoms with Gasteiger partial charge in [0.25, 0.3) is 5.91 Å². The van der Waals surface area contributed by atoms with Crippen LogP contribution in [0.25, 0.3) is 0 Å². The van der Waals surface area contributed by atoms with Crippen molar-refractivity contribution in [3.05, 3.63) is 59.7 Å². The number of amides is 2. The molecule has 7 nitrogen and oxygen atoms in total. The second-order valence-electron chi connectivity index (χ2n) is 5.87. The van der Waals surface area contributed by atoms with Crippen molar-refractivity contribution in [2.24, 2.45) is 0 Å². The highest BCUT2D eigenvalue weighted by Gasteiger charge is 2.18. The molecule has 0 fully saturated rings. The van der Waals surface area contributed by atoms with Crippen LogP contribution < -0.4 is 15.4 Å². The standard InChI is InChI=1S/C20H22N2O5/c1-13(19(24)21-12-15-4-10-18(26-3)11-5-15)27-20(25)16-6-8-17(9-7-16)22-14(2)23/h4-11,13H,12H2,1-3H3,(H,21,24)(H,22,23)/t13-/m1/s1. The number of carbonyl (C=O) groups is 3. The molecule has 27 heavy (non-hydrogen) atoms. The van der Waals surface area contributed by atoms with Gasteiger partial charge in [-0.3, -0.25) is 9.59 Å². The van der Waals surface area contributed by atoms with Crippen molar-refractivity contribution in [3.63, 3.8) is 0 Å². The average molecular weight is 370 g/mol. The Morgan fingerprint density at radius 2 is 1.63 bits per heavy atom. The summed E-state index contributed by atoms with van der Waals surface area (Å²) in [6, 6.07) is 13.5. The minimum Gasteiger partial charge on any atom is -0.497 e. The molecule has 0 saturated heterocycles. The molecule has 0 aliphatic carbocycles. The Bertz CT molecular complexity index is 800. The molecule has 0 saturated carbocycles. The highest BCUT2D eigenvalue weighted by Crippen LogP contribution is 2.12.